The van der Waals surface area contributed by atoms with Gasteiger partial charge in [-0.3, -0.25) is 9.59 Å². The molecule has 0 spiro atoms. The molecular weight excluding hydrogens is 400 g/mol. The van der Waals surface area contributed by atoms with E-state index in [9.17, 15) is 9.59 Å². The predicted molar refractivity (Wildman–Crippen MR) is 128 cm³/mol. The standard InChI is InChI=1S/C27H36N2O3/c1-19-9-8-10-23(15-19)17-29(22(4)27(31)28-24-11-6-5-7-12-24)26(30)18-32-25-16-20(2)13-14-21(25)3/h8-10,13-16,22,24H,5-7,11-12,17-18H2,1-4H3,(H,28,31)/t22-/m1/s1. The Morgan fingerprint density at radius 2 is 1.75 bits per heavy atom. The Morgan fingerprint density at radius 3 is 2.47 bits per heavy atom. The SMILES string of the molecule is Cc1cccc(CN(C(=O)COc2cc(C)ccc2C)[C@H](C)C(=O)NC2CCCCC2)c1. The maximum Gasteiger partial charge on any atom is 0.261 e. The molecule has 2 aromatic rings. The van der Waals surface area contributed by atoms with Crippen molar-refractivity contribution >= 4 is 11.8 Å². The molecule has 0 aromatic heterocycles. The first-order valence-corrected chi connectivity index (χ1v) is 11.7. The molecule has 2 aromatic carbocycles. The molecule has 0 saturated heterocycles. The zero-order valence-electron chi connectivity index (χ0n) is 19.8. The van der Waals surface area contributed by atoms with Gasteiger partial charge in [0.2, 0.25) is 5.91 Å². The molecule has 2 amide bonds. The van der Waals surface area contributed by atoms with E-state index < -0.39 is 6.04 Å². The quantitative estimate of drug-likeness (QED) is 0.643. The van der Waals surface area contributed by atoms with Gasteiger partial charge >= 0.3 is 0 Å². The molecule has 5 heteroatoms. The van der Waals surface area contributed by atoms with Gasteiger partial charge in [0.15, 0.2) is 6.61 Å². The fourth-order valence-corrected chi connectivity index (χ4v) is 4.24. The summed E-state index contributed by atoms with van der Waals surface area (Å²) in [5.41, 5.74) is 4.19. The van der Waals surface area contributed by atoms with Gasteiger partial charge < -0.3 is 15.0 Å². The lowest BCUT2D eigenvalue weighted by Gasteiger charge is -2.31. The smallest absolute Gasteiger partial charge is 0.261 e. The largest absolute Gasteiger partial charge is 0.483 e. The number of carbonyl (C=O) groups is 2. The summed E-state index contributed by atoms with van der Waals surface area (Å²) < 4.78 is 5.88. The molecule has 0 unspecified atom stereocenters. The number of hydrogen-bond acceptors (Lipinski definition) is 3. The number of amides is 2. The van der Waals surface area contributed by atoms with Crippen LogP contribution in [0.15, 0.2) is 42.5 Å². The third kappa shape index (κ3) is 6.59. The molecule has 1 N–H and O–H groups in total. The predicted octanol–water partition coefficient (Wildman–Crippen LogP) is 4.86. The summed E-state index contributed by atoms with van der Waals surface area (Å²) in [6.45, 7) is 8.06. The van der Waals surface area contributed by atoms with Crippen LogP contribution in [-0.2, 0) is 16.1 Å². The van der Waals surface area contributed by atoms with Crippen molar-refractivity contribution in [3.05, 3.63) is 64.7 Å². The van der Waals surface area contributed by atoms with Gasteiger partial charge in [-0.25, -0.2) is 0 Å². The van der Waals surface area contributed by atoms with E-state index in [-0.39, 0.29) is 24.5 Å². The van der Waals surface area contributed by atoms with Crippen molar-refractivity contribution in [1.82, 2.24) is 10.2 Å². The highest BCUT2D eigenvalue weighted by molar-refractivity contribution is 5.88. The number of carbonyl (C=O) groups excluding carboxylic acids is 2. The van der Waals surface area contributed by atoms with Crippen LogP contribution in [0.4, 0.5) is 0 Å². The number of nitrogens with zero attached hydrogens (tertiary/aromatic N) is 1. The molecule has 1 aliphatic carbocycles. The van der Waals surface area contributed by atoms with E-state index in [4.69, 9.17) is 4.74 Å². The van der Waals surface area contributed by atoms with Gasteiger partial charge in [0.1, 0.15) is 11.8 Å². The number of ether oxygens (including phenoxy) is 1. The Balaban J connectivity index is 1.73. The number of hydrogen-bond donors (Lipinski definition) is 1. The molecule has 32 heavy (non-hydrogen) atoms. The Bertz CT molecular complexity index is 934. The summed E-state index contributed by atoms with van der Waals surface area (Å²) >= 11 is 0. The third-order valence-corrected chi connectivity index (χ3v) is 6.25. The lowest BCUT2D eigenvalue weighted by molar-refractivity contribution is -0.142. The first kappa shape index (κ1) is 23.8. The third-order valence-electron chi connectivity index (χ3n) is 6.25. The van der Waals surface area contributed by atoms with Gasteiger partial charge in [0.25, 0.3) is 5.91 Å². The van der Waals surface area contributed by atoms with Crippen molar-refractivity contribution in [2.45, 2.75) is 78.4 Å². The second-order valence-corrected chi connectivity index (χ2v) is 9.09. The molecule has 1 atom stereocenters. The number of rotatable bonds is 8. The van der Waals surface area contributed by atoms with E-state index in [1.54, 1.807) is 4.90 Å². The van der Waals surface area contributed by atoms with E-state index in [0.717, 1.165) is 47.9 Å². The van der Waals surface area contributed by atoms with E-state index in [1.165, 1.54) is 6.42 Å². The van der Waals surface area contributed by atoms with Gasteiger partial charge in [0, 0.05) is 12.6 Å². The molecule has 0 aliphatic heterocycles. The zero-order valence-corrected chi connectivity index (χ0v) is 19.8. The Kier molecular flexibility index (Phi) is 8.32. The number of aryl methyl sites for hydroxylation is 3. The van der Waals surface area contributed by atoms with Crippen LogP contribution in [0.1, 0.15) is 61.3 Å². The van der Waals surface area contributed by atoms with E-state index >= 15 is 0 Å². The van der Waals surface area contributed by atoms with Crippen molar-refractivity contribution in [2.75, 3.05) is 6.61 Å². The number of nitrogens with one attached hydrogen (secondary N) is 1. The van der Waals surface area contributed by atoms with Crippen molar-refractivity contribution in [2.24, 2.45) is 0 Å². The molecule has 1 saturated carbocycles. The normalized spacial score (nSPS) is 15.1. The average Bonchev–Trinajstić information content (AvgIpc) is 2.78. The van der Waals surface area contributed by atoms with Crippen molar-refractivity contribution in [1.29, 1.82) is 0 Å². The minimum Gasteiger partial charge on any atom is -0.483 e. The molecule has 1 aliphatic rings. The Hall–Kier alpha value is -2.82. The van der Waals surface area contributed by atoms with Crippen LogP contribution in [0.3, 0.4) is 0 Å². The number of benzene rings is 2. The van der Waals surface area contributed by atoms with Gasteiger partial charge in [-0.1, -0.05) is 61.2 Å². The Morgan fingerprint density at radius 1 is 1.03 bits per heavy atom. The van der Waals surface area contributed by atoms with Crippen molar-refractivity contribution in [3.8, 4) is 5.75 Å². The average molecular weight is 437 g/mol. The van der Waals surface area contributed by atoms with Crippen molar-refractivity contribution < 1.29 is 14.3 Å². The highest BCUT2D eigenvalue weighted by atomic mass is 16.5. The van der Waals surface area contributed by atoms with Gasteiger partial charge in [-0.15, -0.1) is 0 Å². The molecule has 172 valence electrons. The van der Waals surface area contributed by atoms with E-state index in [0.29, 0.717) is 12.3 Å². The van der Waals surface area contributed by atoms with Crippen LogP contribution in [0, 0.1) is 20.8 Å². The Labute approximate surface area is 192 Å². The topological polar surface area (TPSA) is 58.6 Å². The molecule has 1 fully saturated rings. The van der Waals surface area contributed by atoms with E-state index in [1.807, 2.05) is 64.1 Å². The van der Waals surface area contributed by atoms with Crippen LogP contribution >= 0.6 is 0 Å². The summed E-state index contributed by atoms with van der Waals surface area (Å²) in [4.78, 5) is 27.9. The van der Waals surface area contributed by atoms with Crippen LogP contribution in [0.2, 0.25) is 0 Å². The summed E-state index contributed by atoms with van der Waals surface area (Å²) in [5, 5.41) is 3.17. The molecule has 0 heterocycles. The van der Waals surface area contributed by atoms with Crippen LogP contribution in [-0.4, -0.2) is 35.4 Å². The van der Waals surface area contributed by atoms with Crippen molar-refractivity contribution in [3.63, 3.8) is 0 Å². The second kappa shape index (κ2) is 11.2. The molecule has 0 radical (unpaired) electrons. The summed E-state index contributed by atoms with van der Waals surface area (Å²) in [6, 6.07) is 13.6. The second-order valence-electron chi connectivity index (χ2n) is 9.09. The fourth-order valence-electron chi connectivity index (χ4n) is 4.24. The highest BCUT2D eigenvalue weighted by Crippen LogP contribution is 2.21. The fraction of sp³-hybridized carbons (Fsp3) is 0.481. The molecule has 5 nitrogen and oxygen atoms in total. The maximum atomic E-state index is 13.3. The molecule has 0 bridgehead atoms. The molecule has 3 rings (SSSR count). The van der Waals surface area contributed by atoms with Gasteiger partial charge in [0.05, 0.1) is 0 Å². The summed E-state index contributed by atoms with van der Waals surface area (Å²) in [5.74, 6) is 0.413. The minimum atomic E-state index is -0.577. The van der Waals surface area contributed by atoms with Crippen LogP contribution in [0.5, 0.6) is 5.75 Å². The van der Waals surface area contributed by atoms with Crippen LogP contribution < -0.4 is 10.1 Å². The lowest BCUT2D eigenvalue weighted by atomic mass is 9.95. The minimum absolute atomic E-state index is 0.0929. The first-order valence-electron chi connectivity index (χ1n) is 11.7. The van der Waals surface area contributed by atoms with E-state index in [2.05, 4.69) is 11.4 Å². The van der Waals surface area contributed by atoms with Crippen LogP contribution in [0.25, 0.3) is 0 Å². The van der Waals surface area contributed by atoms with Gasteiger partial charge in [-0.05, 0) is 63.3 Å². The highest BCUT2D eigenvalue weighted by Gasteiger charge is 2.28. The maximum absolute atomic E-state index is 13.3. The summed E-state index contributed by atoms with van der Waals surface area (Å²) in [7, 11) is 0. The summed E-state index contributed by atoms with van der Waals surface area (Å²) in [6.07, 6.45) is 5.56. The monoisotopic (exact) mass is 436 g/mol. The zero-order chi connectivity index (χ0) is 23.1. The molecular formula is C27H36N2O3. The van der Waals surface area contributed by atoms with Gasteiger partial charge in [-0.2, -0.15) is 0 Å². The lowest BCUT2D eigenvalue weighted by Crippen LogP contribution is -2.51. The first-order chi connectivity index (χ1) is 15.3.